The Hall–Kier alpha value is -1.75. The molecule has 5 atom stereocenters. The quantitative estimate of drug-likeness (QED) is 0.324. The number of hydrogen-bond acceptors (Lipinski definition) is 7. The second kappa shape index (κ2) is 6.63. The Morgan fingerprint density at radius 2 is 1.67 bits per heavy atom. The number of carbonyl (C=O) groups excluding carboxylic acids is 3. The van der Waals surface area contributed by atoms with E-state index in [0.29, 0.717) is 0 Å². The lowest BCUT2D eigenvalue weighted by atomic mass is 9.85. The number of carbonyl (C=O) groups is 3. The Kier molecular flexibility index (Phi) is 5.14. The molecule has 0 aromatic carbocycles. The van der Waals surface area contributed by atoms with Crippen molar-refractivity contribution >= 4 is 17.7 Å². The maximum atomic E-state index is 12.5. The highest BCUT2D eigenvalue weighted by atomic mass is 16.3. The number of rotatable bonds is 4. The number of amides is 3. The van der Waals surface area contributed by atoms with E-state index >= 15 is 0 Å². The Labute approximate surface area is 139 Å². The van der Waals surface area contributed by atoms with Gasteiger partial charge >= 0.3 is 0 Å². The number of nitrogens with one attached hydrogen (secondary N) is 1. The van der Waals surface area contributed by atoms with E-state index in [-0.39, 0.29) is 32.1 Å². The molecule has 0 radical (unpaired) electrons. The lowest BCUT2D eigenvalue weighted by Crippen LogP contribution is -2.82. The van der Waals surface area contributed by atoms with E-state index in [1.807, 2.05) is 0 Å². The second-order valence-electron chi connectivity index (χ2n) is 6.50. The van der Waals surface area contributed by atoms with Crippen LogP contribution in [0.3, 0.4) is 0 Å². The molecule has 24 heavy (non-hydrogen) atoms. The smallest absolute Gasteiger partial charge is 0.249 e. The van der Waals surface area contributed by atoms with E-state index in [4.69, 9.17) is 11.5 Å². The highest BCUT2D eigenvalue weighted by molar-refractivity contribution is 5.99. The predicted molar refractivity (Wildman–Crippen MR) is 83.3 cm³/mol. The number of β-lactam (4-membered cyclic amide) rings is 1. The summed E-state index contributed by atoms with van der Waals surface area (Å²) in [5.41, 5.74) is 10.2. The van der Waals surface area contributed by atoms with Gasteiger partial charge in [0.2, 0.25) is 17.7 Å². The summed E-state index contributed by atoms with van der Waals surface area (Å²) in [6.07, 6.45) is -2.08. The molecule has 3 amide bonds. The third-order valence-corrected chi connectivity index (χ3v) is 4.71. The minimum Gasteiger partial charge on any atom is -0.391 e. The molecule has 1 spiro atoms. The van der Waals surface area contributed by atoms with Crippen molar-refractivity contribution in [1.82, 2.24) is 15.1 Å². The van der Waals surface area contributed by atoms with Gasteiger partial charge in [-0.25, -0.2) is 0 Å². The lowest BCUT2D eigenvalue weighted by molar-refractivity contribution is -0.167. The molecule has 10 nitrogen and oxygen atoms in total. The fraction of sp³-hybridized carbons (Fsp3) is 0.786. The van der Waals surface area contributed by atoms with E-state index in [1.165, 1.54) is 23.6 Å². The summed E-state index contributed by atoms with van der Waals surface area (Å²) in [5.74, 6) is -1.39. The topological polar surface area (TPSA) is 162 Å². The van der Waals surface area contributed by atoms with Crippen LogP contribution >= 0.6 is 0 Å². The molecule has 1 unspecified atom stereocenters. The summed E-state index contributed by atoms with van der Waals surface area (Å²) in [6, 6.07) is -2.23. The molecular weight excluding hydrogens is 318 g/mol. The molecule has 0 bridgehead atoms. The fourth-order valence-corrected chi connectivity index (χ4v) is 2.94. The molecule has 10 heteroatoms. The SMILES string of the molecule is C[C@@H](O)[C@H](N)C(=O)N1CCN(C(=O)[C@@H](N)[C@@H](C)O)C2(CNC2=O)C1. The van der Waals surface area contributed by atoms with Gasteiger partial charge in [0.15, 0.2) is 5.54 Å². The van der Waals surface area contributed by atoms with Gasteiger partial charge in [-0.2, -0.15) is 0 Å². The first-order chi connectivity index (χ1) is 11.1. The maximum Gasteiger partial charge on any atom is 0.249 e. The summed E-state index contributed by atoms with van der Waals surface area (Å²) < 4.78 is 0. The summed E-state index contributed by atoms with van der Waals surface area (Å²) in [6.45, 7) is 3.26. The Morgan fingerprint density at radius 3 is 2.08 bits per heavy atom. The van der Waals surface area contributed by atoms with E-state index in [0.717, 1.165) is 0 Å². The summed E-state index contributed by atoms with van der Waals surface area (Å²) >= 11 is 0. The first-order valence-corrected chi connectivity index (χ1v) is 7.87. The fourth-order valence-electron chi connectivity index (χ4n) is 2.94. The van der Waals surface area contributed by atoms with Gasteiger partial charge in [-0.15, -0.1) is 0 Å². The van der Waals surface area contributed by atoms with Crippen LogP contribution in [0.2, 0.25) is 0 Å². The lowest BCUT2D eigenvalue weighted by Gasteiger charge is -2.54. The zero-order valence-corrected chi connectivity index (χ0v) is 13.8. The standard InChI is InChI=1S/C14H25N5O5/c1-7(20)9(15)11(22)18-3-4-19(12(23)10(16)8(2)21)14(6-18)5-17-13(14)24/h7-10,20-21H,3-6,15-16H2,1-2H3,(H,17,24)/t7-,8-,9+,10+,14?/m1/s1. The summed E-state index contributed by atoms with van der Waals surface area (Å²) in [5, 5.41) is 21.6. The maximum absolute atomic E-state index is 12.5. The molecule has 2 saturated heterocycles. The average molecular weight is 343 g/mol. The van der Waals surface area contributed by atoms with Crippen LogP contribution in [0.5, 0.6) is 0 Å². The molecule has 136 valence electrons. The van der Waals surface area contributed by atoms with Gasteiger partial charge in [-0.05, 0) is 13.8 Å². The second-order valence-corrected chi connectivity index (χ2v) is 6.50. The van der Waals surface area contributed by atoms with Gasteiger partial charge < -0.3 is 36.8 Å². The van der Waals surface area contributed by atoms with E-state index in [2.05, 4.69) is 5.32 Å². The number of piperazine rings is 1. The van der Waals surface area contributed by atoms with Crippen LogP contribution in [0, 0.1) is 0 Å². The Morgan fingerprint density at radius 1 is 1.12 bits per heavy atom. The predicted octanol–water partition coefficient (Wildman–Crippen LogP) is -4.06. The van der Waals surface area contributed by atoms with Gasteiger partial charge in [-0.1, -0.05) is 0 Å². The minimum absolute atomic E-state index is 0.0175. The minimum atomic E-state index is -1.20. The van der Waals surface area contributed by atoms with Crippen LogP contribution in [0.1, 0.15) is 13.8 Å². The van der Waals surface area contributed by atoms with Crippen molar-refractivity contribution in [1.29, 1.82) is 0 Å². The Balaban J connectivity index is 2.20. The molecule has 2 aliphatic rings. The highest BCUT2D eigenvalue weighted by Crippen LogP contribution is 2.28. The molecule has 2 fully saturated rings. The van der Waals surface area contributed by atoms with Crippen molar-refractivity contribution in [3.8, 4) is 0 Å². The first-order valence-electron chi connectivity index (χ1n) is 7.87. The number of nitrogens with zero attached hydrogens (tertiary/aromatic N) is 2. The van der Waals surface area contributed by atoms with E-state index in [1.54, 1.807) is 0 Å². The van der Waals surface area contributed by atoms with Crippen molar-refractivity contribution in [2.45, 2.75) is 43.7 Å². The monoisotopic (exact) mass is 343 g/mol. The van der Waals surface area contributed by atoms with Crippen LogP contribution < -0.4 is 16.8 Å². The Bertz CT molecular complexity index is 540. The first kappa shape index (κ1) is 18.6. The molecule has 0 aromatic heterocycles. The molecule has 0 aliphatic carbocycles. The zero-order chi connectivity index (χ0) is 18.2. The van der Waals surface area contributed by atoms with Crippen LogP contribution in [-0.4, -0.2) is 93.7 Å². The molecule has 2 rings (SSSR count). The van der Waals surface area contributed by atoms with Crippen LogP contribution in [-0.2, 0) is 14.4 Å². The van der Waals surface area contributed by atoms with Crippen LogP contribution in [0.25, 0.3) is 0 Å². The zero-order valence-electron chi connectivity index (χ0n) is 13.8. The summed E-state index contributed by atoms with van der Waals surface area (Å²) in [4.78, 5) is 39.7. The average Bonchev–Trinajstić information content (AvgIpc) is 2.56. The molecule has 0 saturated carbocycles. The molecular formula is C14H25N5O5. The van der Waals surface area contributed by atoms with Gasteiger partial charge in [-0.3, -0.25) is 14.4 Å². The van der Waals surface area contributed by atoms with Gasteiger partial charge in [0, 0.05) is 13.1 Å². The van der Waals surface area contributed by atoms with Crippen molar-refractivity contribution < 1.29 is 24.6 Å². The van der Waals surface area contributed by atoms with Gasteiger partial charge in [0.05, 0.1) is 25.3 Å². The van der Waals surface area contributed by atoms with Crippen molar-refractivity contribution in [2.24, 2.45) is 11.5 Å². The van der Waals surface area contributed by atoms with E-state index < -0.39 is 41.6 Å². The van der Waals surface area contributed by atoms with Crippen molar-refractivity contribution in [3.05, 3.63) is 0 Å². The number of hydrogen-bond donors (Lipinski definition) is 5. The number of aliphatic hydroxyl groups is 2. The van der Waals surface area contributed by atoms with Crippen molar-refractivity contribution in [2.75, 3.05) is 26.2 Å². The van der Waals surface area contributed by atoms with Crippen LogP contribution in [0.15, 0.2) is 0 Å². The molecule has 0 aromatic rings. The van der Waals surface area contributed by atoms with Gasteiger partial charge in [0.1, 0.15) is 12.1 Å². The third kappa shape index (κ3) is 2.97. The van der Waals surface area contributed by atoms with Crippen LogP contribution in [0.4, 0.5) is 0 Å². The normalized spacial score (nSPS) is 28.7. The van der Waals surface area contributed by atoms with Gasteiger partial charge in [0.25, 0.3) is 0 Å². The molecule has 2 aliphatic heterocycles. The number of nitrogens with two attached hydrogens (primary N) is 2. The number of aliphatic hydroxyl groups excluding tert-OH is 2. The highest BCUT2D eigenvalue weighted by Gasteiger charge is 2.57. The largest absolute Gasteiger partial charge is 0.391 e. The molecule has 7 N–H and O–H groups in total. The molecule has 2 heterocycles. The van der Waals surface area contributed by atoms with E-state index in [9.17, 15) is 24.6 Å². The third-order valence-electron chi connectivity index (χ3n) is 4.71. The summed E-state index contributed by atoms with van der Waals surface area (Å²) in [7, 11) is 0. The van der Waals surface area contributed by atoms with Crippen molar-refractivity contribution in [3.63, 3.8) is 0 Å².